The minimum atomic E-state index is -0.240. The van der Waals surface area contributed by atoms with Crippen LogP contribution in [-0.2, 0) is 9.53 Å². The van der Waals surface area contributed by atoms with E-state index in [0.29, 0.717) is 18.2 Å². The summed E-state index contributed by atoms with van der Waals surface area (Å²) in [5.74, 6) is -0.00424. The standard InChI is InChI=1S/C18H19ClN2O2/c19-15-6-8-16(9-7-15)20-18(22)17(14-4-2-1-3-5-14)21-10-12-23-13-11-21/h1-9,17H,10-13H2,(H,20,22)/p+1/t17-/m0/s1. The summed E-state index contributed by atoms with van der Waals surface area (Å²) in [7, 11) is 0. The number of anilines is 1. The maximum absolute atomic E-state index is 12.9. The lowest BCUT2D eigenvalue weighted by molar-refractivity contribution is -0.929. The van der Waals surface area contributed by atoms with Gasteiger partial charge < -0.3 is 15.0 Å². The number of carbonyl (C=O) groups excluding carboxylic acids is 1. The van der Waals surface area contributed by atoms with E-state index in [4.69, 9.17) is 16.3 Å². The molecule has 0 spiro atoms. The van der Waals surface area contributed by atoms with E-state index in [1.165, 1.54) is 4.90 Å². The average Bonchev–Trinajstić information content (AvgIpc) is 2.59. The van der Waals surface area contributed by atoms with Crippen LogP contribution in [0.4, 0.5) is 5.69 Å². The van der Waals surface area contributed by atoms with Gasteiger partial charge in [0.15, 0.2) is 6.04 Å². The molecule has 2 aromatic carbocycles. The van der Waals surface area contributed by atoms with Crippen LogP contribution in [0.2, 0.25) is 5.02 Å². The van der Waals surface area contributed by atoms with E-state index in [1.807, 2.05) is 42.5 Å². The second-order valence-electron chi connectivity index (χ2n) is 5.61. The number of nitrogens with one attached hydrogen (secondary N) is 2. The van der Waals surface area contributed by atoms with Gasteiger partial charge in [0.25, 0.3) is 5.91 Å². The van der Waals surface area contributed by atoms with Crippen molar-refractivity contribution < 1.29 is 14.4 Å². The Balaban J connectivity index is 1.82. The van der Waals surface area contributed by atoms with Crippen LogP contribution >= 0.6 is 11.6 Å². The van der Waals surface area contributed by atoms with Gasteiger partial charge in [-0.3, -0.25) is 4.79 Å². The highest BCUT2D eigenvalue weighted by Crippen LogP contribution is 2.16. The fraction of sp³-hybridized carbons (Fsp3) is 0.278. The molecule has 0 radical (unpaired) electrons. The first-order valence-electron chi connectivity index (χ1n) is 7.78. The van der Waals surface area contributed by atoms with Gasteiger partial charge >= 0.3 is 0 Å². The van der Waals surface area contributed by atoms with Gasteiger partial charge in [0.05, 0.1) is 13.2 Å². The Morgan fingerprint density at radius 1 is 1.04 bits per heavy atom. The van der Waals surface area contributed by atoms with Crippen LogP contribution in [0.3, 0.4) is 0 Å². The minimum Gasteiger partial charge on any atom is -0.370 e. The second kappa shape index (κ2) is 7.59. The van der Waals surface area contributed by atoms with Gasteiger partial charge in [-0.05, 0) is 24.3 Å². The smallest absolute Gasteiger partial charge is 0.287 e. The number of amides is 1. The summed E-state index contributed by atoms with van der Waals surface area (Å²) in [4.78, 5) is 14.1. The van der Waals surface area contributed by atoms with E-state index < -0.39 is 0 Å². The summed E-state index contributed by atoms with van der Waals surface area (Å²) in [5.41, 5.74) is 1.78. The molecule has 1 heterocycles. The zero-order valence-corrected chi connectivity index (χ0v) is 13.6. The number of halogens is 1. The van der Waals surface area contributed by atoms with Crippen molar-refractivity contribution in [2.24, 2.45) is 0 Å². The quantitative estimate of drug-likeness (QED) is 0.899. The van der Waals surface area contributed by atoms with Crippen LogP contribution in [0.25, 0.3) is 0 Å². The van der Waals surface area contributed by atoms with Gasteiger partial charge in [0, 0.05) is 16.3 Å². The second-order valence-corrected chi connectivity index (χ2v) is 6.05. The molecular formula is C18H20ClN2O2+. The zero-order chi connectivity index (χ0) is 16.1. The molecule has 0 aromatic heterocycles. The molecule has 1 aliphatic heterocycles. The van der Waals surface area contributed by atoms with Crippen molar-refractivity contribution >= 4 is 23.2 Å². The van der Waals surface area contributed by atoms with Crippen molar-refractivity contribution in [3.8, 4) is 0 Å². The number of ether oxygens (including phenoxy) is 1. The van der Waals surface area contributed by atoms with Crippen molar-refractivity contribution in [3.63, 3.8) is 0 Å². The number of morpholine rings is 1. The van der Waals surface area contributed by atoms with Crippen LogP contribution in [-0.4, -0.2) is 32.2 Å². The van der Waals surface area contributed by atoms with E-state index in [1.54, 1.807) is 12.1 Å². The molecular weight excluding hydrogens is 312 g/mol. The third-order valence-electron chi connectivity index (χ3n) is 4.05. The highest BCUT2D eigenvalue weighted by Gasteiger charge is 2.32. The van der Waals surface area contributed by atoms with Gasteiger partial charge in [0.1, 0.15) is 13.1 Å². The molecule has 1 atom stereocenters. The summed E-state index contributed by atoms with van der Waals surface area (Å²) in [5, 5.41) is 3.66. The van der Waals surface area contributed by atoms with Crippen molar-refractivity contribution in [2.75, 3.05) is 31.6 Å². The van der Waals surface area contributed by atoms with E-state index in [-0.39, 0.29) is 11.9 Å². The molecule has 1 fully saturated rings. The molecule has 5 heteroatoms. The summed E-state index contributed by atoms with van der Waals surface area (Å²) in [6.07, 6.45) is 0. The third-order valence-corrected chi connectivity index (χ3v) is 4.30. The largest absolute Gasteiger partial charge is 0.370 e. The molecule has 0 saturated carbocycles. The normalized spacial score (nSPS) is 16.7. The van der Waals surface area contributed by atoms with Crippen molar-refractivity contribution in [3.05, 3.63) is 65.2 Å². The topological polar surface area (TPSA) is 42.8 Å². The number of hydrogen-bond acceptors (Lipinski definition) is 2. The molecule has 1 aliphatic rings. The van der Waals surface area contributed by atoms with Crippen LogP contribution in [0.15, 0.2) is 54.6 Å². The van der Waals surface area contributed by atoms with Crippen LogP contribution < -0.4 is 10.2 Å². The molecule has 4 nitrogen and oxygen atoms in total. The summed E-state index contributed by atoms with van der Waals surface area (Å²) in [6, 6.07) is 16.9. The lowest BCUT2D eigenvalue weighted by Crippen LogP contribution is -3.15. The molecule has 3 rings (SSSR count). The fourth-order valence-electron chi connectivity index (χ4n) is 2.89. The zero-order valence-electron chi connectivity index (χ0n) is 12.8. The SMILES string of the molecule is O=C(Nc1ccc(Cl)cc1)[C@H](c1ccccc1)[NH+]1CCOCC1. The van der Waals surface area contributed by atoms with E-state index in [2.05, 4.69) is 5.32 Å². The first kappa shape index (κ1) is 16.0. The van der Waals surface area contributed by atoms with Crippen LogP contribution in [0, 0.1) is 0 Å². The van der Waals surface area contributed by atoms with Crippen molar-refractivity contribution in [1.82, 2.24) is 0 Å². The number of benzene rings is 2. The average molecular weight is 332 g/mol. The lowest BCUT2D eigenvalue weighted by Gasteiger charge is -2.30. The van der Waals surface area contributed by atoms with Crippen LogP contribution in [0.1, 0.15) is 11.6 Å². The predicted octanol–water partition coefficient (Wildman–Crippen LogP) is 1.93. The van der Waals surface area contributed by atoms with E-state index >= 15 is 0 Å². The molecule has 23 heavy (non-hydrogen) atoms. The number of carbonyl (C=O) groups is 1. The van der Waals surface area contributed by atoms with Crippen LogP contribution in [0.5, 0.6) is 0 Å². The summed E-state index contributed by atoms with van der Waals surface area (Å²) in [6.45, 7) is 3.03. The Labute approximate surface area is 141 Å². The molecule has 1 saturated heterocycles. The predicted molar refractivity (Wildman–Crippen MR) is 90.8 cm³/mol. The molecule has 0 bridgehead atoms. The highest BCUT2D eigenvalue weighted by molar-refractivity contribution is 6.30. The van der Waals surface area contributed by atoms with Crippen molar-refractivity contribution in [2.45, 2.75) is 6.04 Å². The molecule has 0 unspecified atom stereocenters. The molecule has 0 aliphatic carbocycles. The number of quaternary nitrogens is 1. The Bertz CT molecular complexity index is 640. The Kier molecular flexibility index (Phi) is 5.28. The van der Waals surface area contributed by atoms with Gasteiger partial charge in [-0.1, -0.05) is 41.9 Å². The van der Waals surface area contributed by atoms with Gasteiger partial charge in [-0.15, -0.1) is 0 Å². The Hall–Kier alpha value is -1.88. The molecule has 2 aromatic rings. The fourth-order valence-corrected chi connectivity index (χ4v) is 3.01. The number of hydrogen-bond donors (Lipinski definition) is 2. The van der Waals surface area contributed by atoms with Gasteiger partial charge in [-0.2, -0.15) is 0 Å². The summed E-state index contributed by atoms with van der Waals surface area (Å²) >= 11 is 5.90. The molecule has 120 valence electrons. The third kappa shape index (κ3) is 4.10. The maximum Gasteiger partial charge on any atom is 0.287 e. The van der Waals surface area contributed by atoms with Gasteiger partial charge in [0.2, 0.25) is 0 Å². The first-order chi connectivity index (χ1) is 11.2. The molecule has 1 amide bonds. The highest BCUT2D eigenvalue weighted by atomic mass is 35.5. The lowest BCUT2D eigenvalue weighted by atomic mass is 10.0. The number of rotatable bonds is 4. The minimum absolute atomic E-state index is 0.00424. The Morgan fingerprint density at radius 3 is 2.35 bits per heavy atom. The summed E-state index contributed by atoms with van der Waals surface area (Å²) < 4.78 is 5.43. The van der Waals surface area contributed by atoms with Crippen molar-refractivity contribution in [1.29, 1.82) is 0 Å². The van der Waals surface area contributed by atoms with E-state index in [9.17, 15) is 4.79 Å². The van der Waals surface area contributed by atoms with Gasteiger partial charge in [-0.25, -0.2) is 0 Å². The monoisotopic (exact) mass is 331 g/mol. The first-order valence-corrected chi connectivity index (χ1v) is 8.15. The Morgan fingerprint density at radius 2 is 1.70 bits per heavy atom. The van der Waals surface area contributed by atoms with E-state index in [0.717, 1.165) is 24.3 Å². The maximum atomic E-state index is 12.9. The molecule has 2 N–H and O–H groups in total.